The number of piperazine rings is 1. The molecule has 1 aromatic carbocycles. The summed E-state index contributed by atoms with van der Waals surface area (Å²) in [4.78, 5) is 20.4. The number of aliphatic imine (C=N–C) groups is 1. The van der Waals surface area contributed by atoms with E-state index in [0.29, 0.717) is 32.0 Å². The van der Waals surface area contributed by atoms with Gasteiger partial charge in [-0.1, -0.05) is 20.8 Å². The lowest BCUT2D eigenvalue weighted by molar-refractivity contribution is 0.197. The molecule has 0 saturated carbocycles. The Kier molecular flexibility index (Phi) is 8.06. The number of urea groups is 1. The van der Waals surface area contributed by atoms with E-state index in [1.54, 1.807) is 23.1 Å². The molecule has 0 aliphatic carbocycles. The highest BCUT2D eigenvalue weighted by Crippen LogP contribution is 2.37. The fourth-order valence-corrected chi connectivity index (χ4v) is 4.11. The SMILES string of the molecule is C=N/C(=C\C=C(/C)O[Si](C)(C)C(C)(C)C)NC(=O)N1CCN(c2ccc(F)cc2)CC1. The van der Waals surface area contributed by atoms with Crippen LogP contribution in [0.5, 0.6) is 0 Å². The van der Waals surface area contributed by atoms with E-state index in [2.05, 4.69) is 55.8 Å². The van der Waals surface area contributed by atoms with Gasteiger partial charge in [0.05, 0.1) is 5.76 Å². The van der Waals surface area contributed by atoms with E-state index in [1.807, 2.05) is 13.0 Å². The number of amides is 2. The van der Waals surface area contributed by atoms with Crippen molar-refractivity contribution in [3.05, 3.63) is 53.8 Å². The molecule has 1 heterocycles. The van der Waals surface area contributed by atoms with Gasteiger partial charge in [0.1, 0.15) is 11.6 Å². The molecule has 0 bridgehead atoms. The van der Waals surface area contributed by atoms with Crippen molar-refractivity contribution in [2.75, 3.05) is 31.1 Å². The second-order valence-electron chi connectivity index (χ2n) is 9.23. The van der Waals surface area contributed by atoms with Gasteiger partial charge >= 0.3 is 6.03 Å². The van der Waals surface area contributed by atoms with Gasteiger partial charge in [0.25, 0.3) is 0 Å². The molecule has 170 valence electrons. The van der Waals surface area contributed by atoms with Gasteiger partial charge in [-0.25, -0.2) is 14.2 Å². The summed E-state index contributed by atoms with van der Waals surface area (Å²) >= 11 is 0. The van der Waals surface area contributed by atoms with Gasteiger partial charge in [0, 0.05) is 31.9 Å². The van der Waals surface area contributed by atoms with Crippen LogP contribution in [-0.4, -0.2) is 52.1 Å². The third-order valence-electron chi connectivity index (χ3n) is 5.86. The summed E-state index contributed by atoms with van der Waals surface area (Å²) in [6.45, 7) is 18.9. The Morgan fingerprint density at radius 2 is 1.74 bits per heavy atom. The molecule has 2 rings (SSSR count). The standard InChI is InChI=1S/C23H35FN4O2Si/c1-18(30-31(6,7)23(2,3)4)8-13-21(25-5)26-22(29)28-16-14-27(15-17-28)20-11-9-19(24)10-12-20/h8-13H,5,14-17H2,1-4,6-7H3,(H,26,29)/b18-8+,21-13+. The molecule has 1 aliphatic heterocycles. The summed E-state index contributed by atoms with van der Waals surface area (Å²) < 4.78 is 19.3. The van der Waals surface area contributed by atoms with Gasteiger partial charge < -0.3 is 14.2 Å². The van der Waals surface area contributed by atoms with Crippen LogP contribution in [0, 0.1) is 5.82 Å². The zero-order valence-corrected chi connectivity index (χ0v) is 20.5. The number of halogens is 1. The average molecular weight is 447 g/mol. The van der Waals surface area contributed by atoms with Gasteiger partial charge in [0.15, 0.2) is 0 Å². The maximum absolute atomic E-state index is 13.1. The first-order valence-electron chi connectivity index (χ1n) is 10.5. The van der Waals surface area contributed by atoms with E-state index in [0.717, 1.165) is 11.4 Å². The molecule has 1 aliphatic rings. The third-order valence-corrected chi connectivity index (χ3v) is 10.3. The van der Waals surface area contributed by atoms with Crippen LogP contribution in [0.4, 0.5) is 14.9 Å². The lowest BCUT2D eigenvalue weighted by Gasteiger charge is -2.36. The molecule has 2 amide bonds. The Balaban J connectivity index is 1.92. The van der Waals surface area contributed by atoms with Crippen molar-refractivity contribution in [3.63, 3.8) is 0 Å². The second kappa shape index (κ2) is 10.1. The number of benzene rings is 1. The molecule has 0 atom stereocenters. The second-order valence-corrected chi connectivity index (χ2v) is 14.0. The maximum Gasteiger partial charge on any atom is 0.323 e. The van der Waals surface area contributed by atoms with E-state index in [4.69, 9.17) is 4.43 Å². The largest absolute Gasteiger partial charge is 0.547 e. The number of hydrogen-bond donors (Lipinski definition) is 1. The number of allylic oxidation sites excluding steroid dienone is 3. The third kappa shape index (κ3) is 6.95. The van der Waals surface area contributed by atoms with E-state index in [9.17, 15) is 9.18 Å². The highest BCUT2D eigenvalue weighted by molar-refractivity contribution is 6.74. The molecule has 0 spiro atoms. The summed E-state index contributed by atoms with van der Waals surface area (Å²) in [6.07, 6.45) is 3.53. The molecule has 0 unspecified atom stereocenters. The molecule has 31 heavy (non-hydrogen) atoms. The first kappa shape index (κ1) is 24.7. The van der Waals surface area contributed by atoms with Crippen molar-refractivity contribution in [1.29, 1.82) is 0 Å². The van der Waals surface area contributed by atoms with Crippen molar-refractivity contribution >= 4 is 26.8 Å². The monoisotopic (exact) mass is 446 g/mol. The van der Waals surface area contributed by atoms with Crippen molar-refractivity contribution in [3.8, 4) is 0 Å². The van der Waals surface area contributed by atoms with Crippen LogP contribution in [0.1, 0.15) is 27.7 Å². The summed E-state index contributed by atoms with van der Waals surface area (Å²) in [7, 11) is -1.91. The fraction of sp³-hybridized carbons (Fsp3) is 0.478. The number of rotatable bonds is 6. The molecule has 8 heteroatoms. The topological polar surface area (TPSA) is 57.2 Å². The van der Waals surface area contributed by atoms with E-state index in [-0.39, 0.29) is 16.9 Å². The molecular weight excluding hydrogens is 411 g/mol. The van der Waals surface area contributed by atoms with Crippen LogP contribution in [0.2, 0.25) is 18.1 Å². The first-order chi connectivity index (χ1) is 14.4. The van der Waals surface area contributed by atoms with E-state index < -0.39 is 8.32 Å². The van der Waals surface area contributed by atoms with Crippen molar-refractivity contribution in [1.82, 2.24) is 10.2 Å². The van der Waals surface area contributed by atoms with Gasteiger partial charge in [0.2, 0.25) is 8.32 Å². The Bertz CT molecular complexity index is 836. The van der Waals surface area contributed by atoms with Crippen LogP contribution in [0.3, 0.4) is 0 Å². The quantitative estimate of drug-likeness (QED) is 0.285. The lowest BCUT2D eigenvalue weighted by atomic mass is 10.2. The molecular formula is C23H35FN4O2Si. The first-order valence-corrected chi connectivity index (χ1v) is 13.4. The Hall–Kier alpha value is -2.61. The highest BCUT2D eigenvalue weighted by Gasteiger charge is 2.38. The van der Waals surface area contributed by atoms with Crippen LogP contribution < -0.4 is 10.2 Å². The molecule has 1 fully saturated rings. The van der Waals surface area contributed by atoms with Crippen LogP contribution in [0.15, 0.2) is 53.0 Å². The minimum absolute atomic E-state index is 0.107. The number of nitrogens with one attached hydrogen (secondary N) is 1. The van der Waals surface area contributed by atoms with Crippen molar-refractivity contribution in [2.45, 2.75) is 45.8 Å². The zero-order valence-electron chi connectivity index (χ0n) is 19.5. The Morgan fingerprint density at radius 3 is 2.26 bits per heavy atom. The molecule has 1 saturated heterocycles. The normalized spacial score (nSPS) is 16.2. The minimum atomic E-state index is -1.91. The van der Waals surface area contributed by atoms with Crippen molar-refractivity contribution in [2.24, 2.45) is 4.99 Å². The van der Waals surface area contributed by atoms with Gasteiger partial charge in [-0.05, 0) is 68.2 Å². The van der Waals surface area contributed by atoms with Crippen molar-refractivity contribution < 1.29 is 13.6 Å². The molecule has 1 N–H and O–H groups in total. The fourth-order valence-electron chi connectivity index (χ4n) is 2.93. The smallest absolute Gasteiger partial charge is 0.323 e. The summed E-state index contributed by atoms with van der Waals surface area (Å²) in [5, 5.41) is 2.92. The Morgan fingerprint density at radius 1 is 1.16 bits per heavy atom. The van der Waals surface area contributed by atoms with Gasteiger partial charge in [-0.2, -0.15) is 0 Å². The van der Waals surface area contributed by atoms with Crippen LogP contribution >= 0.6 is 0 Å². The molecule has 0 aromatic heterocycles. The number of carbonyl (C=O) groups is 1. The maximum atomic E-state index is 13.1. The molecule has 6 nitrogen and oxygen atoms in total. The van der Waals surface area contributed by atoms with Crippen LogP contribution in [-0.2, 0) is 4.43 Å². The zero-order chi connectivity index (χ0) is 23.2. The minimum Gasteiger partial charge on any atom is -0.547 e. The predicted molar refractivity (Wildman–Crippen MR) is 128 cm³/mol. The lowest BCUT2D eigenvalue weighted by Crippen LogP contribution is -2.51. The molecule has 1 aromatic rings. The van der Waals surface area contributed by atoms with Gasteiger partial charge in [-0.15, -0.1) is 0 Å². The summed E-state index contributed by atoms with van der Waals surface area (Å²) in [6, 6.07) is 6.20. The average Bonchev–Trinajstić information content (AvgIpc) is 2.70. The summed E-state index contributed by atoms with van der Waals surface area (Å²) in [5.74, 6) is 0.913. The molecule has 0 radical (unpaired) electrons. The highest BCUT2D eigenvalue weighted by atomic mass is 28.4. The van der Waals surface area contributed by atoms with E-state index in [1.165, 1.54) is 12.1 Å². The predicted octanol–water partition coefficient (Wildman–Crippen LogP) is 5.12. The summed E-state index contributed by atoms with van der Waals surface area (Å²) in [5.41, 5.74) is 0.956. The number of hydrogen-bond acceptors (Lipinski definition) is 4. The van der Waals surface area contributed by atoms with Crippen LogP contribution in [0.25, 0.3) is 0 Å². The Labute approximate surface area is 186 Å². The number of carbonyl (C=O) groups excluding carboxylic acids is 1. The number of anilines is 1. The number of nitrogens with zero attached hydrogens (tertiary/aromatic N) is 3. The van der Waals surface area contributed by atoms with Gasteiger partial charge in [-0.3, -0.25) is 5.32 Å². The van der Waals surface area contributed by atoms with E-state index >= 15 is 0 Å².